The lowest BCUT2D eigenvalue weighted by molar-refractivity contribution is -0.125. The molecule has 128 valence electrons. The molecule has 1 amide bonds. The highest BCUT2D eigenvalue weighted by Gasteiger charge is 2.26. The van der Waals surface area contributed by atoms with Crippen molar-refractivity contribution < 1.29 is 22.0 Å². The van der Waals surface area contributed by atoms with E-state index in [0.717, 1.165) is 24.9 Å². The van der Waals surface area contributed by atoms with Crippen LogP contribution in [0, 0.1) is 5.92 Å². The summed E-state index contributed by atoms with van der Waals surface area (Å²) in [5.74, 6) is -0.695. The topological polar surface area (TPSA) is 66.5 Å². The molecule has 5 nitrogen and oxygen atoms in total. The zero-order valence-corrected chi connectivity index (χ0v) is 13.7. The molecule has 1 saturated heterocycles. The summed E-state index contributed by atoms with van der Waals surface area (Å²) >= 11 is 0. The molecule has 0 radical (unpaired) electrons. The van der Waals surface area contributed by atoms with Crippen molar-refractivity contribution in [1.82, 2.24) is 5.32 Å². The third-order valence-corrected chi connectivity index (χ3v) is 4.98. The summed E-state index contributed by atoms with van der Waals surface area (Å²) in [6.07, 6.45) is 0.0297. The minimum atomic E-state index is -3.24. The number of benzene rings is 1. The summed E-state index contributed by atoms with van der Waals surface area (Å²) in [4.78, 5) is 14.1. The van der Waals surface area contributed by atoms with Gasteiger partial charge >= 0.3 is 0 Å². The number of alkyl halides is 2. The predicted octanol–water partition coefficient (Wildman–Crippen LogP) is 1.69. The van der Waals surface area contributed by atoms with Gasteiger partial charge in [0.25, 0.3) is 6.43 Å². The summed E-state index contributed by atoms with van der Waals surface area (Å²) < 4.78 is 47.2. The number of amides is 1. The Morgan fingerprint density at radius 2 is 2.00 bits per heavy atom. The van der Waals surface area contributed by atoms with Crippen molar-refractivity contribution in [3.63, 3.8) is 0 Å². The van der Waals surface area contributed by atoms with Gasteiger partial charge in [-0.2, -0.15) is 0 Å². The Morgan fingerprint density at radius 3 is 2.57 bits per heavy atom. The second-order valence-corrected chi connectivity index (χ2v) is 7.70. The number of nitrogens with one attached hydrogen (secondary N) is 1. The van der Waals surface area contributed by atoms with Crippen LogP contribution in [0.15, 0.2) is 29.2 Å². The minimum absolute atomic E-state index is 0.240. The van der Waals surface area contributed by atoms with Crippen LogP contribution in [0.3, 0.4) is 0 Å². The van der Waals surface area contributed by atoms with E-state index in [4.69, 9.17) is 0 Å². The molecule has 1 aromatic rings. The molecule has 0 bridgehead atoms. The number of rotatable bonds is 5. The third kappa shape index (κ3) is 4.89. The summed E-state index contributed by atoms with van der Waals surface area (Å²) in [7, 11) is -3.24. The number of nitrogens with zero attached hydrogens (tertiary/aromatic N) is 1. The second-order valence-electron chi connectivity index (χ2n) is 5.69. The van der Waals surface area contributed by atoms with E-state index in [1.54, 1.807) is 12.1 Å². The number of carbonyl (C=O) groups excluding carboxylic acids is 1. The van der Waals surface area contributed by atoms with Crippen LogP contribution in [0.1, 0.15) is 12.8 Å². The fourth-order valence-corrected chi connectivity index (χ4v) is 3.28. The molecule has 1 N–H and O–H groups in total. The van der Waals surface area contributed by atoms with Crippen molar-refractivity contribution in [3.05, 3.63) is 24.3 Å². The van der Waals surface area contributed by atoms with Crippen molar-refractivity contribution in [3.8, 4) is 0 Å². The molecule has 2 rings (SSSR count). The largest absolute Gasteiger partial charge is 0.371 e. The van der Waals surface area contributed by atoms with E-state index >= 15 is 0 Å². The van der Waals surface area contributed by atoms with Gasteiger partial charge in [-0.15, -0.1) is 0 Å². The average Bonchev–Trinajstić information content (AvgIpc) is 2.52. The van der Waals surface area contributed by atoms with Gasteiger partial charge in [-0.1, -0.05) is 0 Å². The number of halogens is 2. The lowest BCUT2D eigenvalue weighted by Crippen LogP contribution is -2.44. The Labute approximate surface area is 134 Å². The van der Waals surface area contributed by atoms with Gasteiger partial charge in [0.1, 0.15) is 0 Å². The van der Waals surface area contributed by atoms with Crippen molar-refractivity contribution in [2.75, 3.05) is 30.8 Å². The van der Waals surface area contributed by atoms with E-state index in [2.05, 4.69) is 5.32 Å². The van der Waals surface area contributed by atoms with E-state index in [0.29, 0.717) is 13.0 Å². The fraction of sp³-hybridized carbons (Fsp3) is 0.533. The Kier molecular flexibility index (Phi) is 5.56. The van der Waals surface area contributed by atoms with Gasteiger partial charge in [-0.25, -0.2) is 17.2 Å². The highest BCUT2D eigenvalue weighted by molar-refractivity contribution is 7.90. The minimum Gasteiger partial charge on any atom is -0.371 e. The van der Waals surface area contributed by atoms with Crippen LogP contribution in [0.2, 0.25) is 0 Å². The fourth-order valence-electron chi connectivity index (χ4n) is 2.65. The molecule has 0 spiro atoms. The molecule has 1 unspecified atom stereocenters. The summed E-state index contributed by atoms with van der Waals surface area (Å²) in [5.41, 5.74) is 0.823. The molecule has 8 heteroatoms. The van der Waals surface area contributed by atoms with Gasteiger partial charge in [0, 0.05) is 25.0 Å². The number of carbonyl (C=O) groups is 1. The van der Waals surface area contributed by atoms with E-state index < -0.39 is 22.8 Å². The van der Waals surface area contributed by atoms with Crippen molar-refractivity contribution >= 4 is 21.4 Å². The van der Waals surface area contributed by atoms with Gasteiger partial charge in [0.15, 0.2) is 9.84 Å². The number of sulfone groups is 1. The maximum atomic E-state index is 12.2. The van der Waals surface area contributed by atoms with Gasteiger partial charge in [0.05, 0.1) is 17.4 Å². The van der Waals surface area contributed by atoms with Gasteiger partial charge in [-0.05, 0) is 37.1 Å². The third-order valence-electron chi connectivity index (χ3n) is 3.85. The summed E-state index contributed by atoms with van der Waals surface area (Å²) in [6, 6.07) is 6.47. The van der Waals surface area contributed by atoms with Crippen LogP contribution in [0.25, 0.3) is 0 Å². The average molecular weight is 346 g/mol. The standard InChI is InChI=1S/C15H20F2N2O3S/c1-23(21,22)13-6-4-12(5-7-13)19-8-2-3-11(10-19)15(20)18-9-14(16)17/h4-7,11,14H,2-3,8-10H2,1H3,(H,18,20). The monoisotopic (exact) mass is 346 g/mol. The number of hydrogen-bond acceptors (Lipinski definition) is 4. The van der Waals surface area contributed by atoms with Crippen LogP contribution in [0.5, 0.6) is 0 Å². The molecule has 1 aromatic carbocycles. The quantitative estimate of drug-likeness (QED) is 0.881. The predicted molar refractivity (Wildman–Crippen MR) is 83.5 cm³/mol. The van der Waals surface area contributed by atoms with Crippen molar-refractivity contribution in [2.45, 2.75) is 24.2 Å². The first-order chi connectivity index (χ1) is 10.8. The molecule has 1 fully saturated rings. The zero-order valence-electron chi connectivity index (χ0n) is 12.8. The lowest BCUT2D eigenvalue weighted by atomic mass is 9.96. The molecule has 23 heavy (non-hydrogen) atoms. The molecule has 1 aliphatic heterocycles. The van der Waals surface area contributed by atoms with E-state index in [1.165, 1.54) is 12.1 Å². The van der Waals surface area contributed by atoms with E-state index in [-0.39, 0.29) is 16.7 Å². The SMILES string of the molecule is CS(=O)(=O)c1ccc(N2CCCC(C(=O)NCC(F)F)C2)cc1. The number of anilines is 1. The van der Waals surface area contributed by atoms with Crippen LogP contribution < -0.4 is 10.2 Å². The first-order valence-electron chi connectivity index (χ1n) is 7.38. The maximum Gasteiger partial charge on any atom is 0.255 e. The Balaban J connectivity index is 2.02. The van der Waals surface area contributed by atoms with E-state index in [9.17, 15) is 22.0 Å². The van der Waals surface area contributed by atoms with Crippen molar-refractivity contribution in [1.29, 1.82) is 0 Å². The highest BCUT2D eigenvalue weighted by Crippen LogP contribution is 2.24. The molecule has 0 aliphatic carbocycles. The first-order valence-corrected chi connectivity index (χ1v) is 9.27. The number of hydrogen-bond donors (Lipinski definition) is 1. The normalized spacial score (nSPS) is 19.0. The van der Waals surface area contributed by atoms with Crippen LogP contribution >= 0.6 is 0 Å². The van der Waals surface area contributed by atoms with Crippen LogP contribution in [-0.2, 0) is 14.6 Å². The van der Waals surface area contributed by atoms with E-state index in [1.807, 2.05) is 4.90 Å². The zero-order chi connectivity index (χ0) is 17.0. The molecule has 1 heterocycles. The first kappa shape index (κ1) is 17.7. The smallest absolute Gasteiger partial charge is 0.255 e. The highest BCUT2D eigenvalue weighted by atomic mass is 32.2. The molecule has 0 aromatic heterocycles. The summed E-state index contributed by atoms with van der Waals surface area (Å²) in [5, 5.41) is 2.26. The molecular formula is C15H20F2N2O3S. The molecular weight excluding hydrogens is 326 g/mol. The Morgan fingerprint density at radius 1 is 1.35 bits per heavy atom. The summed E-state index contributed by atoms with van der Waals surface area (Å²) in [6.45, 7) is 0.558. The Hall–Kier alpha value is -1.70. The molecule has 1 atom stereocenters. The Bertz CT molecular complexity index is 647. The molecule has 0 saturated carbocycles. The van der Waals surface area contributed by atoms with Crippen LogP contribution in [0.4, 0.5) is 14.5 Å². The van der Waals surface area contributed by atoms with Gasteiger partial charge < -0.3 is 10.2 Å². The maximum absolute atomic E-state index is 12.2. The van der Waals surface area contributed by atoms with Gasteiger partial charge in [-0.3, -0.25) is 4.79 Å². The second kappa shape index (κ2) is 7.25. The molecule has 1 aliphatic rings. The lowest BCUT2D eigenvalue weighted by Gasteiger charge is -2.33. The number of piperidine rings is 1. The van der Waals surface area contributed by atoms with Crippen molar-refractivity contribution in [2.24, 2.45) is 5.92 Å². The van der Waals surface area contributed by atoms with Crippen LogP contribution in [-0.4, -0.2) is 46.6 Å². The van der Waals surface area contributed by atoms with Gasteiger partial charge in [0.2, 0.25) is 5.91 Å².